The highest BCUT2D eigenvalue weighted by Gasteiger charge is 2.10. The highest BCUT2D eigenvalue weighted by Crippen LogP contribution is 2.36. The first-order valence-corrected chi connectivity index (χ1v) is 7.43. The number of aromatic nitrogens is 4. The molecule has 0 saturated carbocycles. The van der Waals surface area contributed by atoms with Crippen molar-refractivity contribution in [1.82, 2.24) is 25.6 Å². The molecule has 26 heavy (non-hydrogen) atoms. The summed E-state index contributed by atoms with van der Waals surface area (Å²) in [7, 11) is 0. The predicted molar refractivity (Wildman–Crippen MR) is 90.4 cm³/mol. The molecule has 10 heteroatoms. The summed E-state index contributed by atoms with van der Waals surface area (Å²) >= 11 is 0. The van der Waals surface area contributed by atoms with Gasteiger partial charge in [0.1, 0.15) is 6.54 Å². The molecule has 10 nitrogen and oxygen atoms in total. The third-order valence-corrected chi connectivity index (χ3v) is 3.32. The SMILES string of the molecule is O=C(Cn1nnc(-c2ccccc2)n1)N/N=C/c1ccc(O)c(O)c1O. The van der Waals surface area contributed by atoms with Gasteiger partial charge in [-0.25, -0.2) is 5.43 Å². The van der Waals surface area contributed by atoms with Crippen molar-refractivity contribution in [3.63, 3.8) is 0 Å². The summed E-state index contributed by atoms with van der Waals surface area (Å²) in [6, 6.07) is 11.7. The van der Waals surface area contributed by atoms with Gasteiger partial charge in [-0.3, -0.25) is 4.79 Å². The fourth-order valence-electron chi connectivity index (χ4n) is 2.04. The van der Waals surface area contributed by atoms with E-state index in [1.54, 1.807) is 0 Å². The first-order chi connectivity index (χ1) is 12.5. The van der Waals surface area contributed by atoms with Gasteiger partial charge in [-0.05, 0) is 17.3 Å². The number of carbonyl (C=O) groups excluding carboxylic acids is 1. The molecular weight excluding hydrogens is 340 g/mol. The van der Waals surface area contributed by atoms with Crippen molar-refractivity contribution in [2.45, 2.75) is 6.54 Å². The second-order valence-corrected chi connectivity index (χ2v) is 5.17. The molecule has 0 fully saturated rings. The number of hydrogen-bond acceptors (Lipinski definition) is 8. The Morgan fingerprint density at radius 1 is 1.12 bits per heavy atom. The van der Waals surface area contributed by atoms with E-state index in [1.807, 2.05) is 30.3 Å². The molecule has 0 atom stereocenters. The van der Waals surface area contributed by atoms with Crippen LogP contribution in [0.3, 0.4) is 0 Å². The number of tetrazole rings is 1. The third-order valence-electron chi connectivity index (χ3n) is 3.32. The van der Waals surface area contributed by atoms with Gasteiger partial charge in [0.25, 0.3) is 5.91 Å². The molecule has 0 bridgehead atoms. The number of phenolic OH excluding ortho intramolecular Hbond substituents is 3. The molecule has 2 aromatic carbocycles. The number of nitrogens with zero attached hydrogens (tertiary/aromatic N) is 5. The largest absolute Gasteiger partial charge is 0.504 e. The zero-order valence-electron chi connectivity index (χ0n) is 13.3. The van der Waals surface area contributed by atoms with E-state index in [0.717, 1.165) is 16.6 Å². The summed E-state index contributed by atoms with van der Waals surface area (Å²) in [6.45, 7) is -0.204. The molecule has 0 aliphatic rings. The topological polar surface area (TPSA) is 146 Å². The zero-order chi connectivity index (χ0) is 18.5. The van der Waals surface area contributed by atoms with Gasteiger partial charge in [-0.15, -0.1) is 10.2 Å². The standard InChI is InChI=1S/C16H14N6O4/c23-12-7-6-11(14(25)15(12)26)8-17-18-13(24)9-22-20-16(19-21-22)10-4-2-1-3-5-10/h1-8,23,25-26H,9H2,(H,18,24)/b17-8+. The maximum atomic E-state index is 11.8. The molecule has 0 saturated heterocycles. The van der Waals surface area contributed by atoms with E-state index in [1.165, 1.54) is 12.1 Å². The minimum atomic E-state index is -0.666. The van der Waals surface area contributed by atoms with Crippen molar-refractivity contribution in [1.29, 1.82) is 0 Å². The lowest BCUT2D eigenvalue weighted by Gasteiger charge is -2.03. The van der Waals surface area contributed by atoms with Crippen molar-refractivity contribution in [2.24, 2.45) is 5.10 Å². The smallest absolute Gasteiger partial charge is 0.263 e. The van der Waals surface area contributed by atoms with Crippen LogP contribution in [0.25, 0.3) is 11.4 Å². The van der Waals surface area contributed by atoms with Crippen molar-refractivity contribution in [2.75, 3.05) is 0 Å². The summed E-state index contributed by atoms with van der Waals surface area (Å²) in [5.41, 5.74) is 3.13. The van der Waals surface area contributed by atoms with E-state index in [-0.39, 0.29) is 12.1 Å². The van der Waals surface area contributed by atoms with Crippen LogP contribution in [0.2, 0.25) is 0 Å². The molecule has 3 rings (SSSR count). The Bertz CT molecular complexity index is 955. The number of phenols is 3. The van der Waals surface area contributed by atoms with Crippen LogP contribution in [-0.2, 0) is 11.3 Å². The predicted octanol–water partition coefficient (Wildman–Crippen LogP) is 0.607. The van der Waals surface area contributed by atoms with E-state index in [0.29, 0.717) is 5.82 Å². The number of nitrogens with one attached hydrogen (secondary N) is 1. The molecule has 1 aromatic heterocycles. The summed E-state index contributed by atoms with van der Waals surface area (Å²) in [6.07, 6.45) is 1.12. The van der Waals surface area contributed by atoms with Gasteiger partial charge in [-0.2, -0.15) is 9.90 Å². The third kappa shape index (κ3) is 3.75. The van der Waals surface area contributed by atoms with Crippen molar-refractivity contribution < 1.29 is 20.1 Å². The number of rotatable bonds is 5. The van der Waals surface area contributed by atoms with E-state index in [2.05, 4.69) is 25.9 Å². The molecule has 0 radical (unpaired) electrons. The Balaban J connectivity index is 1.60. The average molecular weight is 354 g/mol. The molecule has 0 aliphatic heterocycles. The molecule has 132 valence electrons. The molecule has 4 N–H and O–H groups in total. The summed E-state index contributed by atoms with van der Waals surface area (Å²) in [5, 5.41) is 43.7. The van der Waals surface area contributed by atoms with E-state index >= 15 is 0 Å². The number of carbonyl (C=O) groups is 1. The highest BCUT2D eigenvalue weighted by atomic mass is 16.3. The minimum absolute atomic E-state index is 0.117. The zero-order valence-corrected chi connectivity index (χ0v) is 13.3. The Morgan fingerprint density at radius 3 is 2.65 bits per heavy atom. The normalized spacial score (nSPS) is 10.9. The lowest BCUT2D eigenvalue weighted by atomic mass is 10.2. The van der Waals surface area contributed by atoms with Crippen LogP contribution in [-0.4, -0.2) is 47.6 Å². The molecule has 1 amide bonds. The van der Waals surface area contributed by atoms with Gasteiger partial charge in [-0.1, -0.05) is 30.3 Å². The number of amides is 1. The Hall–Kier alpha value is -3.95. The van der Waals surface area contributed by atoms with E-state index in [4.69, 9.17) is 0 Å². The lowest BCUT2D eigenvalue weighted by molar-refractivity contribution is -0.122. The van der Waals surface area contributed by atoms with Crippen molar-refractivity contribution in [3.05, 3.63) is 48.0 Å². The minimum Gasteiger partial charge on any atom is -0.504 e. The number of hydrogen-bond donors (Lipinski definition) is 4. The first kappa shape index (κ1) is 16.9. The lowest BCUT2D eigenvalue weighted by Crippen LogP contribution is -2.24. The molecular formula is C16H14N6O4. The van der Waals surface area contributed by atoms with Crippen LogP contribution in [0, 0.1) is 0 Å². The van der Waals surface area contributed by atoms with Gasteiger partial charge >= 0.3 is 0 Å². The maximum absolute atomic E-state index is 11.8. The van der Waals surface area contributed by atoms with Gasteiger partial charge in [0.05, 0.1) is 6.21 Å². The van der Waals surface area contributed by atoms with Crippen LogP contribution in [0.5, 0.6) is 17.2 Å². The van der Waals surface area contributed by atoms with Gasteiger partial charge in [0, 0.05) is 11.1 Å². The van der Waals surface area contributed by atoms with Crippen LogP contribution in [0.4, 0.5) is 0 Å². The van der Waals surface area contributed by atoms with Gasteiger partial charge in [0.15, 0.2) is 11.5 Å². The van der Waals surface area contributed by atoms with Crippen LogP contribution in [0.1, 0.15) is 5.56 Å². The number of hydrazone groups is 1. The summed E-state index contributed by atoms with van der Waals surface area (Å²) in [4.78, 5) is 13.0. The average Bonchev–Trinajstić information content (AvgIpc) is 3.11. The fraction of sp³-hybridized carbons (Fsp3) is 0.0625. The van der Waals surface area contributed by atoms with Gasteiger partial charge < -0.3 is 15.3 Å². The van der Waals surface area contributed by atoms with Gasteiger partial charge in [0.2, 0.25) is 11.6 Å². The fourth-order valence-corrected chi connectivity index (χ4v) is 2.04. The second kappa shape index (κ2) is 7.30. The molecule has 0 spiro atoms. The van der Waals surface area contributed by atoms with Crippen LogP contribution >= 0.6 is 0 Å². The summed E-state index contributed by atoms with van der Waals surface area (Å²) < 4.78 is 0. The Labute approximate surface area is 147 Å². The molecule has 1 heterocycles. The van der Waals surface area contributed by atoms with E-state index in [9.17, 15) is 20.1 Å². The maximum Gasteiger partial charge on any atom is 0.263 e. The molecule has 0 aliphatic carbocycles. The first-order valence-electron chi connectivity index (χ1n) is 7.43. The molecule has 3 aromatic rings. The van der Waals surface area contributed by atoms with E-state index < -0.39 is 23.2 Å². The Kier molecular flexibility index (Phi) is 4.74. The monoisotopic (exact) mass is 354 g/mol. The van der Waals surface area contributed by atoms with Crippen LogP contribution < -0.4 is 5.43 Å². The quantitative estimate of drug-likeness (QED) is 0.298. The second-order valence-electron chi connectivity index (χ2n) is 5.17. The molecule has 0 unspecified atom stereocenters. The van der Waals surface area contributed by atoms with Crippen LogP contribution in [0.15, 0.2) is 47.6 Å². The van der Waals surface area contributed by atoms with Crippen molar-refractivity contribution in [3.8, 4) is 28.6 Å². The summed E-state index contributed by atoms with van der Waals surface area (Å²) in [5.74, 6) is -1.80. The highest BCUT2D eigenvalue weighted by molar-refractivity contribution is 5.86. The Morgan fingerprint density at radius 2 is 1.88 bits per heavy atom. The van der Waals surface area contributed by atoms with Crippen molar-refractivity contribution >= 4 is 12.1 Å². The number of benzene rings is 2. The number of aromatic hydroxyl groups is 3.